The maximum atomic E-state index is 13.0. The minimum atomic E-state index is -1.08. The van der Waals surface area contributed by atoms with E-state index in [-0.39, 0.29) is 17.4 Å². The Bertz CT molecular complexity index is 877. The third kappa shape index (κ3) is 4.35. The number of carboxylic acids is 1. The van der Waals surface area contributed by atoms with Gasteiger partial charge in [0.1, 0.15) is 12.1 Å². The summed E-state index contributed by atoms with van der Waals surface area (Å²) in [5.41, 5.74) is 0.251. The summed E-state index contributed by atoms with van der Waals surface area (Å²) in [6, 6.07) is 5.12. The van der Waals surface area contributed by atoms with Crippen molar-refractivity contribution in [3.8, 4) is 0 Å². The van der Waals surface area contributed by atoms with Crippen molar-refractivity contribution >= 4 is 22.8 Å². The van der Waals surface area contributed by atoms with Crippen LogP contribution < -0.4 is 10.9 Å². The van der Waals surface area contributed by atoms with Crippen LogP contribution in [0.15, 0.2) is 35.4 Å². The molecule has 1 aromatic heterocycles. The highest BCUT2D eigenvalue weighted by Crippen LogP contribution is 2.22. The number of carbonyl (C=O) groups excluding carboxylic acids is 1. The van der Waals surface area contributed by atoms with E-state index >= 15 is 0 Å². The van der Waals surface area contributed by atoms with Crippen molar-refractivity contribution in [1.82, 2.24) is 14.9 Å². The third-order valence-electron chi connectivity index (χ3n) is 5.22. The first-order valence-corrected chi connectivity index (χ1v) is 9.30. The van der Waals surface area contributed by atoms with E-state index in [0.717, 1.165) is 0 Å². The number of nitrogens with zero attached hydrogens (tertiary/aromatic N) is 2. The molecule has 1 amide bonds. The van der Waals surface area contributed by atoms with Crippen LogP contribution in [0.5, 0.6) is 0 Å². The number of carbonyl (C=O) groups is 2. The number of fused-ring (bicyclic) bond motifs is 1. The van der Waals surface area contributed by atoms with Crippen LogP contribution in [0, 0.1) is 11.8 Å². The van der Waals surface area contributed by atoms with Crippen LogP contribution in [0.1, 0.15) is 46.6 Å². The van der Waals surface area contributed by atoms with Crippen LogP contribution in [-0.2, 0) is 9.59 Å². The van der Waals surface area contributed by atoms with Crippen LogP contribution in [0.25, 0.3) is 10.9 Å². The SMILES string of the molecule is CCC(C)C(NC(=O)C(C(C)CC)n1cnc2ccccc2c1=O)C(=O)O. The number of hydrogen-bond donors (Lipinski definition) is 2. The summed E-state index contributed by atoms with van der Waals surface area (Å²) in [5.74, 6) is -1.95. The van der Waals surface area contributed by atoms with Gasteiger partial charge in [-0.2, -0.15) is 0 Å². The molecule has 0 aliphatic carbocycles. The normalized spacial score (nSPS) is 15.7. The largest absolute Gasteiger partial charge is 0.480 e. The highest BCUT2D eigenvalue weighted by Gasteiger charge is 2.32. The number of aliphatic carboxylic acids is 1. The highest BCUT2D eigenvalue weighted by molar-refractivity contribution is 5.86. The Balaban J connectivity index is 2.47. The van der Waals surface area contributed by atoms with Gasteiger partial charge in [-0.05, 0) is 24.0 Å². The first-order chi connectivity index (χ1) is 12.8. The van der Waals surface area contributed by atoms with Crippen LogP contribution in [0.3, 0.4) is 0 Å². The molecule has 7 nitrogen and oxygen atoms in total. The number of para-hydroxylation sites is 1. The van der Waals surface area contributed by atoms with Gasteiger partial charge in [0.05, 0.1) is 17.2 Å². The molecule has 27 heavy (non-hydrogen) atoms. The molecule has 2 rings (SSSR count). The molecular weight excluding hydrogens is 346 g/mol. The first kappa shape index (κ1) is 20.6. The summed E-state index contributed by atoms with van der Waals surface area (Å²) in [6.07, 6.45) is 2.64. The molecule has 0 radical (unpaired) electrons. The standard InChI is InChI=1S/C20H27N3O4/c1-5-12(3)16(20(26)27)22-18(24)17(13(4)6-2)23-11-21-15-10-8-7-9-14(15)19(23)25/h7-13,16-17H,5-6H2,1-4H3,(H,22,24)(H,26,27). The number of benzene rings is 1. The van der Waals surface area contributed by atoms with Gasteiger partial charge in [-0.25, -0.2) is 9.78 Å². The predicted octanol–water partition coefficient (Wildman–Crippen LogP) is 2.60. The monoisotopic (exact) mass is 373 g/mol. The van der Waals surface area contributed by atoms with Gasteiger partial charge in [0.15, 0.2) is 0 Å². The number of amides is 1. The molecule has 0 aliphatic heterocycles. The van der Waals surface area contributed by atoms with Crippen molar-refractivity contribution in [2.45, 2.75) is 52.6 Å². The molecule has 1 aromatic carbocycles. The van der Waals surface area contributed by atoms with Crippen molar-refractivity contribution in [2.75, 3.05) is 0 Å². The molecule has 1 heterocycles. The van der Waals surface area contributed by atoms with E-state index in [9.17, 15) is 19.5 Å². The van der Waals surface area contributed by atoms with Crippen LogP contribution in [-0.4, -0.2) is 32.6 Å². The molecule has 0 aliphatic rings. The molecule has 146 valence electrons. The summed E-state index contributed by atoms with van der Waals surface area (Å²) in [6.45, 7) is 7.44. The summed E-state index contributed by atoms with van der Waals surface area (Å²) < 4.78 is 1.32. The molecule has 0 saturated heterocycles. The average Bonchev–Trinajstić information content (AvgIpc) is 2.67. The van der Waals surface area contributed by atoms with Gasteiger partial charge in [0.2, 0.25) is 5.91 Å². The van der Waals surface area contributed by atoms with Crippen molar-refractivity contribution in [2.24, 2.45) is 11.8 Å². The van der Waals surface area contributed by atoms with E-state index in [2.05, 4.69) is 10.3 Å². The summed E-state index contributed by atoms with van der Waals surface area (Å²) >= 11 is 0. The molecule has 2 aromatic rings. The van der Waals surface area contributed by atoms with Crippen molar-refractivity contribution in [3.05, 3.63) is 40.9 Å². The van der Waals surface area contributed by atoms with Gasteiger partial charge in [-0.1, -0.05) is 52.7 Å². The third-order valence-corrected chi connectivity index (χ3v) is 5.22. The second kappa shape index (κ2) is 8.79. The van der Waals surface area contributed by atoms with E-state index < -0.39 is 24.0 Å². The molecule has 0 bridgehead atoms. The molecular formula is C20H27N3O4. The molecule has 0 saturated carbocycles. The van der Waals surface area contributed by atoms with E-state index in [1.807, 2.05) is 20.8 Å². The second-order valence-corrected chi connectivity index (χ2v) is 7.01. The number of carboxylic acid groups (broad SMARTS) is 1. The van der Waals surface area contributed by atoms with Crippen molar-refractivity contribution < 1.29 is 14.7 Å². The van der Waals surface area contributed by atoms with Crippen LogP contribution >= 0.6 is 0 Å². The summed E-state index contributed by atoms with van der Waals surface area (Å²) in [5, 5.41) is 12.5. The Labute approximate surface area is 158 Å². The van der Waals surface area contributed by atoms with Gasteiger partial charge >= 0.3 is 5.97 Å². The lowest BCUT2D eigenvalue weighted by Gasteiger charge is -2.27. The molecule has 0 fully saturated rings. The van der Waals surface area contributed by atoms with Crippen LogP contribution in [0.4, 0.5) is 0 Å². The number of rotatable bonds is 8. The van der Waals surface area contributed by atoms with E-state index in [1.165, 1.54) is 10.9 Å². The lowest BCUT2D eigenvalue weighted by atomic mass is 9.95. The van der Waals surface area contributed by atoms with E-state index in [1.54, 1.807) is 31.2 Å². The molecule has 2 N–H and O–H groups in total. The average molecular weight is 373 g/mol. The van der Waals surface area contributed by atoms with Crippen LogP contribution in [0.2, 0.25) is 0 Å². The van der Waals surface area contributed by atoms with E-state index in [4.69, 9.17) is 0 Å². The maximum absolute atomic E-state index is 13.0. The molecule has 7 heteroatoms. The Morgan fingerprint density at radius 3 is 2.37 bits per heavy atom. The fourth-order valence-electron chi connectivity index (χ4n) is 3.09. The van der Waals surface area contributed by atoms with Crippen molar-refractivity contribution in [1.29, 1.82) is 0 Å². The van der Waals surface area contributed by atoms with Gasteiger partial charge < -0.3 is 10.4 Å². The Hall–Kier alpha value is -2.70. The first-order valence-electron chi connectivity index (χ1n) is 9.30. The molecule has 4 atom stereocenters. The highest BCUT2D eigenvalue weighted by atomic mass is 16.4. The number of aromatic nitrogens is 2. The smallest absolute Gasteiger partial charge is 0.326 e. The predicted molar refractivity (Wildman–Crippen MR) is 104 cm³/mol. The Morgan fingerprint density at radius 2 is 1.78 bits per heavy atom. The summed E-state index contributed by atoms with van der Waals surface area (Å²) in [7, 11) is 0. The Kier molecular flexibility index (Phi) is 6.71. The quantitative estimate of drug-likeness (QED) is 0.741. The topological polar surface area (TPSA) is 101 Å². The zero-order valence-corrected chi connectivity index (χ0v) is 16.2. The number of nitrogens with one attached hydrogen (secondary N) is 1. The lowest BCUT2D eigenvalue weighted by Crippen LogP contribution is -2.49. The van der Waals surface area contributed by atoms with Gasteiger partial charge in [-0.3, -0.25) is 14.2 Å². The minimum Gasteiger partial charge on any atom is -0.480 e. The second-order valence-electron chi connectivity index (χ2n) is 7.01. The van der Waals surface area contributed by atoms with E-state index in [0.29, 0.717) is 23.7 Å². The fourth-order valence-corrected chi connectivity index (χ4v) is 3.09. The number of hydrogen-bond acceptors (Lipinski definition) is 4. The fraction of sp³-hybridized carbons (Fsp3) is 0.500. The van der Waals surface area contributed by atoms with Crippen molar-refractivity contribution in [3.63, 3.8) is 0 Å². The summed E-state index contributed by atoms with van der Waals surface area (Å²) in [4.78, 5) is 41.8. The minimum absolute atomic E-state index is 0.169. The lowest BCUT2D eigenvalue weighted by molar-refractivity contribution is -0.144. The van der Waals surface area contributed by atoms with Gasteiger partial charge in [-0.15, -0.1) is 0 Å². The zero-order valence-electron chi connectivity index (χ0n) is 16.2. The Morgan fingerprint density at radius 1 is 1.15 bits per heavy atom. The van der Waals surface area contributed by atoms with Gasteiger partial charge in [0.25, 0.3) is 5.56 Å². The zero-order chi connectivity index (χ0) is 20.1. The maximum Gasteiger partial charge on any atom is 0.326 e. The molecule has 4 unspecified atom stereocenters. The van der Waals surface area contributed by atoms with Gasteiger partial charge in [0, 0.05) is 0 Å². The molecule has 0 spiro atoms.